The summed E-state index contributed by atoms with van der Waals surface area (Å²) in [7, 11) is 0. The molecular formula is C19H17ClN2OS. The molecular weight excluding hydrogens is 340 g/mol. The highest BCUT2D eigenvalue weighted by atomic mass is 35.5. The summed E-state index contributed by atoms with van der Waals surface area (Å²) in [5, 5.41) is 6.59. The Morgan fingerprint density at radius 2 is 1.88 bits per heavy atom. The van der Waals surface area contributed by atoms with E-state index in [0.717, 1.165) is 27.5 Å². The highest BCUT2D eigenvalue weighted by Gasteiger charge is 2.10. The maximum absolute atomic E-state index is 11.8. The van der Waals surface area contributed by atoms with Crippen LogP contribution in [-0.4, -0.2) is 10.9 Å². The van der Waals surface area contributed by atoms with Crippen molar-refractivity contribution in [2.75, 3.05) is 5.32 Å². The Labute approximate surface area is 150 Å². The van der Waals surface area contributed by atoms with Gasteiger partial charge in [-0.3, -0.25) is 4.79 Å². The molecule has 3 nitrogen and oxygen atoms in total. The van der Waals surface area contributed by atoms with E-state index in [1.54, 1.807) is 11.3 Å². The Morgan fingerprint density at radius 3 is 2.58 bits per heavy atom. The standard InChI is InChI=1S/C19H17ClN2OS/c1-12(2)18(23)21-16-5-3-4-14(10-16)17-11-24-19(22-17)13-6-8-15(20)9-7-13/h3-12H,1-2H3,(H,21,23). The van der Waals surface area contributed by atoms with Crippen LogP contribution in [0.1, 0.15) is 13.8 Å². The van der Waals surface area contributed by atoms with Crippen molar-refractivity contribution >= 4 is 34.5 Å². The first kappa shape index (κ1) is 16.7. The number of thiazole rings is 1. The summed E-state index contributed by atoms with van der Waals surface area (Å²) in [5.41, 5.74) is 3.70. The first-order chi connectivity index (χ1) is 11.5. The summed E-state index contributed by atoms with van der Waals surface area (Å²) >= 11 is 7.52. The van der Waals surface area contributed by atoms with Gasteiger partial charge in [0.1, 0.15) is 5.01 Å². The summed E-state index contributed by atoms with van der Waals surface area (Å²) in [6.07, 6.45) is 0. The zero-order valence-corrected chi connectivity index (χ0v) is 15.0. The van der Waals surface area contributed by atoms with Crippen LogP contribution in [0.25, 0.3) is 21.8 Å². The number of carbonyl (C=O) groups is 1. The number of halogens is 1. The molecule has 0 unspecified atom stereocenters. The van der Waals surface area contributed by atoms with Crippen molar-refractivity contribution in [3.8, 4) is 21.8 Å². The minimum atomic E-state index is -0.0514. The molecule has 2 aromatic carbocycles. The van der Waals surface area contributed by atoms with E-state index in [1.807, 2.05) is 67.8 Å². The lowest BCUT2D eigenvalue weighted by Gasteiger charge is -2.08. The zero-order valence-electron chi connectivity index (χ0n) is 13.4. The molecule has 3 rings (SSSR count). The fraction of sp³-hybridized carbons (Fsp3) is 0.158. The number of hydrogen-bond donors (Lipinski definition) is 1. The molecule has 122 valence electrons. The molecule has 5 heteroatoms. The van der Waals surface area contributed by atoms with Gasteiger partial charge in [0, 0.05) is 33.1 Å². The average Bonchev–Trinajstić information content (AvgIpc) is 3.05. The Balaban J connectivity index is 1.85. The lowest BCUT2D eigenvalue weighted by atomic mass is 10.1. The van der Waals surface area contributed by atoms with Gasteiger partial charge in [-0.25, -0.2) is 4.98 Å². The quantitative estimate of drug-likeness (QED) is 0.649. The lowest BCUT2D eigenvalue weighted by Crippen LogP contribution is -2.17. The Morgan fingerprint density at radius 1 is 1.12 bits per heavy atom. The molecule has 0 aliphatic heterocycles. The van der Waals surface area contributed by atoms with Gasteiger partial charge in [0.05, 0.1) is 5.69 Å². The van der Waals surface area contributed by atoms with Crippen molar-refractivity contribution in [2.45, 2.75) is 13.8 Å². The Hall–Kier alpha value is -2.17. The second kappa shape index (κ2) is 7.16. The number of nitrogens with zero attached hydrogens (tertiary/aromatic N) is 1. The van der Waals surface area contributed by atoms with Crippen LogP contribution in [0.5, 0.6) is 0 Å². The van der Waals surface area contributed by atoms with Gasteiger partial charge >= 0.3 is 0 Å². The van der Waals surface area contributed by atoms with Crippen LogP contribution in [0, 0.1) is 5.92 Å². The predicted octanol–water partition coefficient (Wildman–Crippen LogP) is 5.73. The van der Waals surface area contributed by atoms with Crippen molar-refractivity contribution in [1.82, 2.24) is 4.98 Å². The topological polar surface area (TPSA) is 42.0 Å². The number of carbonyl (C=O) groups excluding carboxylic acids is 1. The van der Waals surface area contributed by atoms with Gasteiger partial charge < -0.3 is 5.32 Å². The number of aromatic nitrogens is 1. The molecule has 0 bridgehead atoms. The molecule has 0 aliphatic carbocycles. The third-order valence-electron chi connectivity index (χ3n) is 3.55. The summed E-state index contributed by atoms with van der Waals surface area (Å²) in [5.74, 6) is -0.0447. The van der Waals surface area contributed by atoms with E-state index in [2.05, 4.69) is 5.32 Å². The van der Waals surface area contributed by atoms with Gasteiger partial charge in [0.25, 0.3) is 0 Å². The smallest absolute Gasteiger partial charge is 0.226 e. The van der Waals surface area contributed by atoms with Crippen molar-refractivity contribution in [3.63, 3.8) is 0 Å². The number of rotatable bonds is 4. The highest BCUT2D eigenvalue weighted by molar-refractivity contribution is 7.13. The minimum absolute atomic E-state index is 0.00674. The van der Waals surface area contributed by atoms with Crippen LogP contribution in [0.3, 0.4) is 0 Å². The van der Waals surface area contributed by atoms with E-state index in [1.165, 1.54) is 0 Å². The summed E-state index contributed by atoms with van der Waals surface area (Å²) in [6.45, 7) is 3.75. The zero-order chi connectivity index (χ0) is 17.1. The molecule has 1 heterocycles. The third kappa shape index (κ3) is 3.83. The molecule has 0 saturated carbocycles. The second-order valence-corrected chi connectivity index (χ2v) is 7.06. The summed E-state index contributed by atoms with van der Waals surface area (Å²) < 4.78 is 0. The molecule has 3 aromatic rings. The third-order valence-corrected chi connectivity index (χ3v) is 4.69. The van der Waals surface area contributed by atoms with E-state index in [9.17, 15) is 4.79 Å². The number of amides is 1. The minimum Gasteiger partial charge on any atom is -0.326 e. The Kier molecular flexibility index (Phi) is 4.97. The maximum atomic E-state index is 11.8. The predicted molar refractivity (Wildman–Crippen MR) is 101 cm³/mol. The molecule has 0 spiro atoms. The number of anilines is 1. The van der Waals surface area contributed by atoms with Crippen LogP contribution in [-0.2, 0) is 4.79 Å². The van der Waals surface area contributed by atoms with Crippen LogP contribution < -0.4 is 5.32 Å². The van der Waals surface area contributed by atoms with Gasteiger partial charge in [-0.05, 0) is 24.3 Å². The van der Waals surface area contributed by atoms with Crippen LogP contribution in [0.4, 0.5) is 5.69 Å². The van der Waals surface area contributed by atoms with E-state index >= 15 is 0 Å². The van der Waals surface area contributed by atoms with Crippen molar-refractivity contribution in [1.29, 1.82) is 0 Å². The fourth-order valence-corrected chi connectivity index (χ4v) is 3.14. The maximum Gasteiger partial charge on any atom is 0.226 e. The fourth-order valence-electron chi connectivity index (χ4n) is 2.17. The lowest BCUT2D eigenvalue weighted by molar-refractivity contribution is -0.118. The van der Waals surface area contributed by atoms with Crippen molar-refractivity contribution in [3.05, 3.63) is 58.9 Å². The molecule has 0 radical (unpaired) electrons. The largest absolute Gasteiger partial charge is 0.326 e. The van der Waals surface area contributed by atoms with E-state index in [4.69, 9.17) is 16.6 Å². The number of nitrogens with one attached hydrogen (secondary N) is 1. The second-order valence-electron chi connectivity index (χ2n) is 5.77. The van der Waals surface area contributed by atoms with Crippen molar-refractivity contribution in [2.24, 2.45) is 5.92 Å². The molecule has 0 aliphatic rings. The molecule has 1 amide bonds. The molecule has 0 saturated heterocycles. The average molecular weight is 357 g/mol. The van der Waals surface area contributed by atoms with E-state index < -0.39 is 0 Å². The number of hydrogen-bond acceptors (Lipinski definition) is 3. The van der Waals surface area contributed by atoms with Gasteiger partial charge in [0.15, 0.2) is 0 Å². The van der Waals surface area contributed by atoms with E-state index in [-0.39, 0.29) is 11.8 Å². The molecule has 0 fully saturated rings. The summed E-state index contributed by atoms with van der Waals surface area (Å²) in [4.78, 5) is 16.5. The monoisotopic (exact) mass is 356 g/mol. The molecule has 1 N–H and O–H groups in total. The first-order valence-electron chi connectivity index (χ1n) is 7.65. The van der Waals surface area contributed by atoms with Crippen LogP contribution in [0.15, 0.2) is 53.9 Å². The number of benzene rings is 2. The van der Waals surface area contributed by atoms with Crippen molar-refractivity contribution < 1.29 is 4.79 Å². The van der Waals surface area contributed by atoms with Gasteiger partial charge in [-0.15, -0.1) is 11.3 Å². The first-order valence-corrected chi connectivity index (χ1v) is 8.91. The van der Waals surface area contributed by atoms with Gasteiger partial charge in [-0.2, -0.15) is 0 Å². The van der Waals surface area contributed by atoms with Gasteiger partial charge in [0.2, 0.25) is 5.91 Å². The molecule has 24 heavy (non-hydrogen) atoms. The van der Waals surface area contributed by atoms with Crippen LogP contribution >= 0.6 is 22.9 Å². The SMILES string of the molecule is CC(C)C(=O)Nc1cccc(-c2csc(-c3ccc(Cl)cc3)n2)c1. The summed E-state index contributed by atoms with van der Waals surface area (Å²) in [6, 6.07) is 15.4. The van der Waals surface area contributed by atoms with Gasteiger partial charge in [-0.1, -0.05) is 49.7 Å². The van der Waals surface area contributed by atoms with E-state index in [0.29, 0.717) is 5.02 Å². The Bertz CT molecular complexity index is 856. The highest BCUT2D eigenvalue weighted by Crippen LogP contribution is 2.30. The normalized spacial score (nSPS) is 10.8. The molecule has 1 aromatic heterocycles. The molecule has 0 atom stereocenters. The van der Waals surface area contributed by atoms with Crippen LogP contribution in [0.2, 0.25) is 5.02 Å².